The first kappa shape index (κ1) is 49.4. The lowest BCUT2D eigenvalue weighted by Gasteiger charge is -2.20. The van der Waals surface area contributed by atoms with E-state index in [9.17, 15) is 19.0 Å². The smallest absolute Gasteiger partial charge is 0.442 e. The first-order valence-electron chi connectivity index (χ1n) is 15.7. The zero-order valence-corrected chi connectivity index (χ0v) is 36.0. The predicted octanol–water partition coefficient (Wildman–Crippen LogP) is 5.11. The summed E-state index contributed by atoms with van der Waals surface area (Å²) in [5.41, 5.74) is -0.0767. The largest absolute Gasteiger partial charge is 0.778 e. The Morgan fingerprint density at radius 2 is 1.65 bits per heavy atom. The molecule has 0 saturated heterocycles. The molecule has 2 heterocycles. The quantitative estimate of drug-likeness (QED) is 0.0960. The zero-order valence-electron chi connectivity index (χ0n) is 32.0. The number of anilines is 2. The Balaban J connectivity index is 0.000000759. The molecule has 16 nitrogen and oxygen atoms in total. The number of aromatic nitrogens is 5. The molecule has 0 radical (unpaired) electrons. The first-order valence-corrected chi connectivity index (χ1v) is 21.9. The highest BCUT2D eigenvalue weighted by Gasteiger charge is 2.24. The van der Waals surface area contributed by atoms with Crippen molar-refractivity contribution in [1.82, 2.24) is 30.0 Å². The second kappa shape index (κ2) is 22.6. The number of nitrogens with one attached hydrogen (secondary N) is 3. The SMILES string of the molecule is CC(C)Oc1cc(-n2nc(C(C)(C)C)oc2=O)c(Cl)cc1Cl.CCNc1nc(NC(C)(C)C)nc(SC)n1.C[S+](C)C.O=C(O)CNCP(=O)([O-])O. The molecule has 2 aromatic heterocycles. The maximum Gasteiger partial charge on any atom is 0.442 e. The molecule has 0 amide bonds. The van der Waals surface area contributed by atoms with Gasteiger partial charge in [-0.1, -0.05) is 55.7 Å². The Bertz CT molecular complexity index is 1660. The molecule has 1 aromatic carbocycles. The van der Waals surface area contributed by atoms with E-state index in [4.69, 9.17) is 42.4 Å². The van der Waals surface area contributed by atoms with Crippen molar-refractivity contribution in [3.8, 4) is 11.4 Å². The second-order valence-electron chi connectivity index (χ2n) is 13.5. The Morgan fingerprint density at radius 1 is 1.10 bits per heavy atom. The van der Waals surface area contributed by atoms with Crippen LogP contribution in [0.3, 0.4) is 0 Å². The molecule has 1 atom stereocenters. The summed E-state index contributed by atoms with van der Waals surface area (Å²) in [6.07, 6.45) is 7.76. The van der Waals surface area contributed by atoms with Crippen LogP contribution >= 0.6 is 42.6 Å². The fourth-order valence-corrected chi connectivity index (χ4v) is 4.40. The van der Waals surface area contributed by atoms with E-state index in [1.807, 2.05) is 53.1 Å². The van der Waals surface area contributed by atoms with Gasteiger partial charge in [-0.15, -0.1) is 5.10 Å². The molecule has 0 spiro atoms. The number of hydrogen-bond acceptors (Lipinski definition) is 14. The summed E-state index contributed by atoms with van der Waals surface area (Å²) in [7, 11) is -3.71. The average molecular weight is 832 g/mol. The minimum atomic E-state index is -4.35. The van der Waals surface area contributed by atoms with Crippen molar-refractivity contribution in [1.29, 1.82) is 0 Å². The lowest BCUT2D eigenvalue weighted by molar-refractivity contribution is -0.193. The molecule has 3 rings (SSSR count). The van der Waals surface area contributed by atoms with Gasteiger partial charge in [0, 0.05) is 23.6 Å². The summed E-state index contributed by atoms with van der Waals surface area (Å²) < 4.78 is 21.9. The van der Waals surface area contributed by atoms with Crippen molar-refractivity contribution >= 4 is 71.3 Å². The third-order valence-corrected chi connectivity index (χ3v) is 6.76. The van der Waals surface area contributed by atoms with Gasteiger partial charge in [0.1, 0.15) is 13.3 Å². The van der Waals surface area contributed by atoms with Crippen molar-refractivity contribution in [3.63, 3.8) is 0 Å². The van der Waals surface area contributed by atoms with Crippen LogP contribution in [0.1, 0.15) is 68.2 Å². The number of rotatable bonds is 11. The number of halogens is 2. The van der Waals surface area contributed by atoms with Crippen molar-refractivity contribution in [2.24, 2.45) is 0 Å². The highest BCUT2D eigenvalue weighted by molar-refractivity contribution is 7.98. The van der Waals surface area contributed by atoms with E-state index in [0.29, 0.717) is 45.1 Å². The van der Waals surface area contributed by atoms with Crippen molar-refractivity contribution < 1.29 is 33.4 Å². The standard InChI is InChI=1S/C15H18Cl2N2O3.C10H19N5S.C3H8NO5P.C3H9S/c1-8(2)21-12-7-11(9(16)6-10(12)17)19-14(20)22-13(18-19)15(3,4)5;1-6-11-7-12-8(15-10(2,3)4)14-9(13-7)16-5;5-3(6)1-4-2-10(7,8)9;1-4(2)3/h6-8H,1-5H3;6H2,1-5H3,(H2,11,12,13,14,15);4H,1-2H2,(H,5,6)(H2,7,8,9);1-3H3/q;;;+1/p-1. The summed E-state index contributed by atoms with van der Waals surface area (Å²) in [6.45, 7) is 18.0. The van der Waals surface area contributed by atoms with Crippen LogP contribution in [0, 0.1) is 0 Å². The highest BCUT2D eigenvalue weighted by Crippen LogP contribution is 2.33. The summed E-state index contributed by atoms with van der Waals surface area (Å²) in [4.78, 5) is 52.7. The third-order valence-electron chi connectivity index (χ3n) is 4.99. The zero-order chi connectivity index (χ0) is 40.6. The van der Waals surface area contributed by atoms with Gasteiger partial charge in [-0.3, -0.25) is 10.1 Å². The van der Waals surface area contributed by atoms with Crippen LogP contribution in [-0.2, 0) is 25.7 Å². The van der Waals surface area contributed by atoms with Gasteiger partial charge in [0.15, 0.2) is 5.16 Å². The monoisotopic (exact) mass is 830 g/mol. The molecule has 1 unspecified atom stereocenters. The summed E-state index contributed by atoms with van der Waals surface area (Å²) >= 11 is 13.8. The van der Waals surface area contributed by atoms with E-state index >= 15 is 0 Å². The lowest BCUT2D eigenvalue weighted by Crippen LogP contribution is -2.27. The van der Waals surface area contributed by atoms with E-state index in [1.165, 1.54) is 17.8 Å². The molecule has 52 heavy (non-hydrogen) atoms. The molecule has 0 aliphatic heterocycles. The summed E-state index contributed by atoms with van der Waals surface area (Å²) in [5.74, 6) is 0.215. The van der Waals surface area contributed by atoms with E-state index in [-0.39, 0.29) is 22.1 Å². The third kappa shape index (κ3) is 21.8. The summed E-state index contributed by atoms with van der Waals surface area (Å²) in [6, 6.07) is 3.11. The number of thioether (sulfide) groups is 1. The lowest BCUT2D eigenvalue weighted by atomic mass is 9.97. The first-order chi connectivity index (χ1) is 23.7. The fourth-order valence-electron chi connectivity index (χ4n) is 3.14. The fraction of sp³-hybridized carbons (Fsp3) is 0.613. The van der Waals surface area contributed by atoms with Gasteiger partial charge in [-0.05, 0) is 64.8 Å². The Kier molecular flexibility index (Phi) is 21.5. The Labute approximate surface area is 323 Å². The minimum absolute atomic E-state index is 0.0550. The summed E-state index contributed by atoms with van der Waals surface area (Å²) in [5, 5.41) is 21.9. The molecule has 0 fully saturated rings. The van der Waals surface area contributed by atoms with E-state index in [1.54, 1.807) is 6.07 Å². The molecule has 21 heteroatoms. The molecule has 0 bridgehead atoms. The second-order valence-corrected chi connectivity index (χ2v) is 19.1. The molecule has 5 N–H and O–H groups in total. The number of benzene rings is 1. The minimum Gasteiger partial charge on any atom is -0.778 e. The maximum atomic E-state index is 12.1. The van der Waals surface area contributed by atoms with Crippen LogP contribution < -0.4 is 31.3 Å². The van der Waals surface area contributed by atoms with E-state index < -0.39 is 32.2 Å². The molecule has 0 aliphatic carbocycles. The van der Waals surface area contributed by atoms with Crippen molar-refractivity contribution in [3.05, 3.63) is 38.6 Å². The molecule has 0 aliphatic rings. The van der Waals surface area contributed by atoms with Crippen molar-refractivity contribution in [2.45, 2.75) is 84.5 Å². The number of carbonyl (C=O) groups is 1. The average Bonchev–Trinajstić information content (AvgIpc) is 3.35. The number of carboxylic acid groups (broad SMARTS) is 1. The van der Waals surface area contributed by atoms with Crippen LogP contribution in [-0.4, -0.2) is 96.7 Å². The van der Waals surface area contributed by atoms with Gasteiger partial charge in [0.05, 0.1) is 53.4 Å². The van der Waals surface area contributed by atoms with Gasteiger partial charge in [0.2, 0.25) is 17.8 Å². The van der Waals surface area contributed by atoms with Crippen LogP contribution in [0.15, 0.2) is 26.5 Å². The highest BCUT2D eigenvalue weighted by atomic mass is 35.5. The van der Waals surface area contributed by atoms with Gasteiger partial charge in [-0.25, -0.2) is 4.79 Å². The Morgan fingerprint density at radius 3 is 2.08 bits per heavy atom. The topological polar surface area (TPSA) is 230 Å². The van der Waals surface area contributed by atoms with Crippen LogP contribution in [0.25, 0.3) is 5.69 Å². The molecular weight excluding hydrogens is 778 g/mol. The van der Waals surface area contributed by atoms with Crippen molar-refractivity contribution in [2.75, 3.05) is 55.0 Å². The Hall–Kier alpha value is -2.57. The molecular formula is C31H53Cl2N8O8PS2. The number of carboxylic acids is 1. The molecule has 296 valence electrons. The van der Waals surface area contributed by atoms with Gasteiger partial charge in [-0.2, -0.15) is 19.6 Å². The molecule has 0 saturated carbocycles. The van der Waals surface area contributed by atoms with Crippen LogP contribution in [0.2, 0.25) is 10.0 Å². The van der Waals surface area contributed by atoms with Gasteiger partial charge in [0.25, 0.3) is 0 Å². The van der Waals surface area contributed by atoms with Gasteiger partial charge < -0.3 is 39.2 Å². The normalized spacial score (nSPS) is 12.4. The molecule has 3 aromatic rings. The van der Waals surface area contributed by atoms with Gasteiger partial charge >= 0.3 is 11.7 Å². The maximum absolute atomic E-state index is 12.1. The predicted molar refractivity (Wildman–Crippen MR) is 211 cm³/mol. The number of aliphatic carboxylic acids is 1. The number of ether oxygens (including phenoxy) is 1. The number of hydrogen-bond donors (Lipinski definition) is 5. The van der Waals surface area contributed by atoms with Crippen LogP contribution in [0.4, 0.5) is 11.9 Å². The van der Waals surface area contributed by atoms with Crippen LogP contribution in [0.5, 0.6) is 5.75 Å². The van der Waals surface area contributed by atoms with E-state index in [2.05, 4.69) is 70.2 Å². The van der Waals surface area contributed by atoms with E-state index in [0.717, 1.165) is 16.4 Å². The number of nitrogens with zero attached hydrogens (tertiary/aromatic N) is 5.